The van der Waals surface area contributed by atoms with Crippen molar-refractivity contribution in [2.24, 2.45) is 5.92 Å². The number of aromatic carboxylic acids is 1. The quantitative estimate of drug-likeness (QED) is 0.791. The topological polar surface area (TPSA) is 71.5 Å². The molecule has 0 bridgehead atoms. The minimum absolute atomic E-state index is 0.0352. The molecule has 1 heterocycles. The van der Waals surface area contributed by atoms with E-state index in [4.69, 9.17) is 9.84 Å². The number of carbonyl (C=O) groups is 1. The van der Waals surface area contributed by atoms with Gasteiger partial charge in [0.15, 0.2) is 0 Å². The summed E-state index contributed by atoms with van der Waals surface area (Å²) >= 11 is 0. The third kappa shape index (κ3) is 3.71. The SMILES string of the molecule is COCC(Nc1ncccc1C(=O)O)C(C)C. The van der Waals surface area contributed by atoms with E-state index in [1.54, 1.807) is 19.4 Å². The van der Waals surface area contributed by atoms with Gasteiger partial charge in [-0.15, -0.1) is 0 Å². The Morgan fingerprint density at radius 2 is 2.29 bits per heavy atom. The normalized spacial score (nSPS) is 12.5. The molecule has 0 fully saturated rings. The zero-order valence-corrected chi connectivity index (χ0v) is 10.3. The summed E-state index contributed by atoms with van der Waals surface area (Å²) in [6, 6.07) is 3.17. The zero-order valence-electron chi connectivity index (χ0n) is 10.3. The van der Waals surface area contributed by atoms with Crippen molar-refractivity contribution in [2.45, 2.75) is 19.9 Å². The summed E-state index contributed by atoms with van der Waals surface area (Å²) < 4.78 is 5.10. The summed E-state index contributed by atoms with van der Waals surface area (Å²) in [7, 11) is 1.62. The molecule has 0 saturated heterocycles. The van der Waals surface area contributed by atoms with E-state index in [2.05, 4.69) is 10.3 Å². The van der Waals surface area contributed by atoms with E-state index >= 15 is 0 Å². The van der Waals surface area contributed by atoms with Gasteiger partial charge in [0, 0.05) is 13.3 Å². The lowest BCUT2D eigenvalue weighted by molar-refractivity contribution is 0.0697. The molecule has 1 atom stereocenters. The summed E-state index contributed by atoms with van der Waals surface area (Å²) in [4.78, 5) is 15.1. The number of anilines is 1. The summed E-state index contributed by atoms with van der Waals surface area (Å²) in [5, 5.41) is 12.1. The van der Waals surface area contributed by atoms with E-state index in [9.17, 15) is 4.79 Å². The predicted octanol–water partition coefficient (Wildman–Crippen LogP) is 1.86. The van der Waals surface area contributed by atoms with Gasteiger partial charge in [-0.1, -0.05) is 13.8 Å². The highest BCUT2D eigenvalue weighted by Gasteiger charge is 2.17. The van der Waals surface area contributed by atoms with Gasteiger partial charge in [0.25, 0.3) is 0 Å². The molecule has 1 aromatic rings. The standard InChI is InChI=1S/C12H18N2O3/c1-8(2)10(7-17-3)14-11-9(12(15)16)5-4-6-13-11/h4-6,8,10H,7H2,1-3H3,(H,13,14)(H,15,16). The highest BCUT2D eigenvalue weighted by Crippen LogP contribution is 2.15. The largest absolute Gasteiger partial charge is 0.478 e. The van der Waals surface area contributed by atoms with E-state index in [0.29, 0.717) is 18.3 Å². The Labute approximate surface area is 101 Å². The minimum atomic E-state index is -0.986. The Hall–Kier alpha value is -1.62. The lowest BCUT2D eigenvalue weighted by atomic mass is 10.1. The number of rotatable bonds is 6. The van der Waals surface area contributed by atoms with Gasteiger partial charge < -0.3 is 15.2 Å². The maximum Gasteiger partial charge on any atom is 0.339 e. The maximum atomic E-state index is 11.0. The minimum Gasteiger partial charge on any atom is -0.478 e. The van der Waals surface area contributed by atoms with E-state index in [1.165, 1.54) is 6.07 Å². The molecule has 17 heavy (non-hydrogen) atoms. The van der Waals surface area contributed by atoms with Crippen LogP contribution in [0.15, 0.2) is 18.3 Å². The number of carboxylic acids is 1. The Bertz CT molecular complexity index is 380. The first-order valence-electron chi connectivity index (χ1n) is 5.50. The van der Waals surface area contributed by atoms with Gasteiger partial charge in [-0.05, 0) is 18.1 Å². The van der Waals surface area contributed by atoms with Crippen LogP contribution in [-0.4, -0.2) is 35.8 Å². The van der Waals surface area contributed by atoms with Crippen LogP contribution in [0, 0.1) is 5.92 Å². The molecule has 0 radical (unpaired) electrons. The van der Waals surface area contributed by atoms with E-state index in [-0.39, 0.29) is 11.6 Å². The van der Waals surface area contributed by atoms with Crippen molar-refractivity contribution < 1.29 is 14.6 Å². The fourth-order valence-corrected chi connectivity index (χ4v) is 1.45. The maximum absolute atomic E-state index is 11.0. The monoisotopic (exact) mass is 238 g/mol. The first-order valence-corrected chi connectivity index (χ1v) is 5.50. The Balaban J connectivity index is 2.88. The molecular weight excluding hydrogens is 220 g/mol. The Kier molecular flexibility index (Phi) is 4.90. The van der Waals surface area contributed by atoms with Crippen LogP contribution in [0.3, 0.4) is 0 Å². The van der Waals surface area contributed by atoms with Crippen LogP contribution in [0.2, 0.25) is 0 Å². The third-order valence-electron chi connectivity index (χ3n) is 2.51. The summed E-state index contributed by atoms with van der Waals surface area (Å²) in [5.74, 6) is -0.283. The van der Waals surface area contributed by atoms with Crippen molar-refractivity contribution in [1.82, 2.24) is 4.98 Å². The second-order valence-corrected chi connectivity index (χ2v) is 4.15. The van der Waals surface area contributed by atoms with Gasteiger partial charge >= 0.3 is 5.97 Å². The molecular formula is C12H18N2O3. The van der Waals surface area contributed by atoms with Crippen molar-refractivity contribution in [1.29, 1.82) is 0 Å². The number of pyridine rings is 1. The highest BCUT2D eigenvalue weighted by atomic mass is 16.5. The molecule has 0 aliphatic heterocycles. The van der Waals surface area contributed by atoms with Crippen molar-refractivity contribution in [3.05, 3.63) is 23.9 Å². The average molecular weight is 238 g/mol. The van der Waals surface area contributed by atoms with Gasteiger partial charge in [-0.3, -0.25) is 0 Å². The van der Waals surface area contributed by atoms with E-state index in [1.807, 2.05) is 13.8 Å². The van der Waals surface area contributed by atoms with Gasteiger partial charge in [-0.2, -0.15) is 0 Å². The van der Waals surface area contributed by atoms with Crippen LogP contribution in [0.4, 0.5) is 5.82 Å². The van der Waals surface area contributed by atoms with Crippen LogP contribution >= 0.6 is 0 Å². The number of nitrogens with zero attached hydrogens (tertiary/aromatic N) is 1. The average Bonchev–Trinajstić information content (AvgIpc) is 2.28. The van der Waals surface area contributed by atoms with Crippen molar-refractivity contribution in [2.75, 3.05) is 19.0 Å². The lowest BCUT2D eigenvalue weighted by Crippen LogP contribution is -2.31. The molecule has 2 N–H and O–H groups in total. The molecule has 94 valence electrons. The summed E-state index contributed by atoms with van der Waals surface area (Å²) in [6.07, 6.45) is 1.57. The molecule has 5 heteroatoms. The Morgan fingerprint density at radius 3 is 2.82 bits per heavy atom. The van der Waals surface area contributed by atoms with Gasteiger partial charge in [-0.25, -0.2) is 9.78 Å². The number of hydrogen-bond donors (Lipinski definition) is 2. The summed E-state index contributed by atoms with van der Waals surface area (Å²) in [5.41, 5.74) is 0.175. The molecule has 5 nitrogen and oxygen atoms in total. The molecule has 0 aromatic carbocycles. The van der Waals surface area contributed by atoms with Crippen LogP contribution < -0.4 is 5.32 Å². The number of nitrogens with one attached hydrogen (secondary N) is 1. The van der Waals surface area contributed by atoms with Crippen molar-refractivity contribution in [3.63, 3.8) is 0 Å². The van der Waals surface area contributed by atoms with Crippen molar-refractivity contribution >= 4 is 11.8 Å². The van der Waals surface area contributed by atoms with E-state index in [0.717, 1.165) is 0 Å². The number of methoxy groups -OCH3 is 1. The Morgan fingerprint density at radius 1 is 1.59 bits per heavy atom. The second kappa shape index (κ2) is 6.20. The fourth-order valence-electron chi connectivity index (χ4n) is 1.45. The van der Waals surface area contributed by atoms with Gasteiger partial charge in [0.1, 0.15) is 11.4 Å². The number of carboxylic acid groups (broad SMARTS) is 1. The molecule has 0 amide bonds. The van der Waals surface area contributed by atoms with Crippen LogP contribution in [0.5, 0.6) is 0 Å². The third-order valence-corrected chi connectivity index (χ3v) is 2.51. The van der Waals surface area contributed by atoms with Crippen LogP contribution in [0.25, 0.3) is 0 Å². The number of aromatic nitrogens is 1. The molecule has 0 aliphatic rings. The molecule has 1 rings (SSSR count). The molecule has 1 unspecified atom stereocenters. The number of ether oxygens (including phenoxy) is 1. The van der Waals surface area contributed by atoms with Gasteiger partial charge in [0.05, 0.1) is 12.6 Å². The van der Waals surface area contributed by atoms with Crippen LogP contribution in [0.1, 0.15) is 24.2 Å². The zero-order chi connectivity index (χ0) is 12.8. The smallest absolute Gasteiger partial charge is 0.339 e. The summed E-state index contributed by atoms with van der Waals surface area (Å²) in [6.45, 7) is 4.59. The lowest BCUT2D eigenvalue weighted by Gasteiger charge is -2.22. The predicted molar refractivity (Wildman–Crippen MR) is 65.3 cm³/mol. The number of hydrogen-bond acceptors (Lipinski definition) is 4. The first-order chi connectivity index (χ1) is 8.06. The molecule has 0 aliphatic carbocycles. The molecule has 0 spiro atoms. The van der Waals surface area contributed by atoms with Gasteiger partial charge in [0.2, 0.25) is 0 Å². The van der Waals surface area contributed by atoms with Crippen LogP contribution in [-0.2, 0) is 4.74 Å². The molecule has 0 saturated carbocycles. The first kappa shape index (κ1) is 13.4. The fraction of sp³-hybridized carbons (Fsp3) is 0.500. The van der Waals surface area contributed by atoms with Crippen molar-refractivity contribution in [3.8, 4) is 0 Å². The molecule has 1 aromatic heterocycles. The van der Waals surface area contributed by atoms with E-state index < -0.39 is 5.97 Å². The second-order valence-electron chi connectivity index (χ2n) is 4.15. The highest BCUT2D eigenvalue weighted by molar-refractivity contribution is 5.93.